The third-order valence-electron chi connectivity index (χ3n) is 4.72. The van der Waals surface area contributed by atoms with Crippen molar-refractivity contribution in [1.82, 2.24) is 4.72 Å². The van der Waals surface area contributed by atoms with Gasteiger partial charge in [0.25, 0.3) is 0 Å². The number of benzene rings is 3. The molecule has 0 bridgehead atoms. The number of aryl methyl sites for hydroxylation is 1. The smallest absolute Gasteiger partial charge is 0.240 e. The topological polar surface area (TPSA) is 89.5 Å². The predicted octanol–water partition coefficient (Wildman–Crippen LogP) is 4.01. The molecule has 0 heterocycles. The van der Waals surface area contributed by atoms with Crippen LogP contribution in [0.5, 0.6) is 5.75 Å². The van der Waals surface area contributed by atoms with Crippen LogP contribution in [0.1, 0.15) is 11.1 Å². The van der Waals surface area contributed by atoms with Gasteiger partial charge < -0.3 is 4.74 Å². The molecular weight excluding hydrogens is 458 g/mol. The van der Waals surface area contributed by atoms with E-state index in [4.69, 9.17) is 16.3 Å². The van der Waals surface area contributed by atoms with Crippen LogP contribution in [0.2, 0.25) is 5.02 Å². The van der Waals surface area contributed by atoms with Crippen LogP contribution in [0.15, 0.2) is 81.4 Å². The predicted molar refractivity (Wildman–Crippen MR) is 120 cm³/mol. The third-order valence-corrected chi connectivity index (χ3v) is 8.35. The van der Waals surface area contributed by atoms with Crippen molar-refractivity contribution in [2.75, 3.05) is 13.7 Å². The molecule has 0 radical (unpaired) electrons. The molecule has 0 aliphatic carbocycles. The Hall–Kier alpha value is -2.39. The zero-order valence-corrected chi connectivity index (χ0v) is 19.4. The molecule has 1 N–H and O–H groups in total. The standard InChI is InChI=1S/C22H22ClNO5S2/c1-16-6-9-21(30(25,26)20-10-7-18(23)8-11-20)15-22(16)31(27,28)24-13-12-17-4-3-5-19(14-17)29-2/h3-11,14-15,24H,12-13H2,1-2H3. The maximum Gasteiger partial charge on any atom is 0.240 e. The first kappa shape index (κ1) is 23.3. The van der Waals surface area contributed by atoms with Crippen molar-refractivity contribution in [2.45, 2.75) is 28.0 Å². The van der Waals surface area contributed by atoms with Crippen LogP contribution in [0, 0.1) is 6.92 Å². The molecule has 0 fully saturated rings. The van der Waals surface area contributed by atoms with Crippen molar-refractivity contribution in [2.24, 2.45) is 0 Å². The van der Waals surface area contributed by atoms with Gasteiger partial charge in [0, 0.05) is 11.6 Å². The van der Waals surface area contributed by atoms with Gasteiger partial charge in [0.2, 0.25) is 19.9 Å². The van der Waals surface area contributed by atoms with Crippen LogP contribution < -0.4 is 9.46 Å². The van der Waals surface area contributed by atoms with Crippen molar-refractivity contribution in [1.29, 1.82) is 0 Å². The van der Waals surface area contributed by atoms with Crippen molar-refractivity contribution in [3.8, 4) is 5.75 Å². The Balaban J connectivity index is 1.83. The highest BCUT2D eigenvalue weighted by Crippen LogP contribution is 2.26. The summed E-state index contributed by atoms with van der Waals surface area (Å²) in [6.45, 7) is 1.78. The van der Waals surface area contributed by atoms with Gasteiger partial charge in [-0.15, -0.1) is 0 Å². The number of hydrogen-bond acceptors (Lipinski definition) is 5. The molecule has 0 atom stereocenters. The van der Waals surface area contributed by atoms with Gasteiger partial charge in [-0.1, -0.05) is 29.8 Å². The molecule has 3 aromatic rings. The van der Waals surface area contributed by atoms with Crippen molar-refractivity contribution >= 4 is 31.5 Å². The van der Waals surface area contributed by atoms with Crippen LogP contribution in [-0.4, -0.2) is 30.5 Å². The molecule has 6 nitrogen and oxygen atoms in total. The highest BCUT2D eigenvalue weighted by atomic mass is 35.5. The number of ether oxygens (including phenoxy) is 1. The summed E-state index contributed by atoms with van der Waals surface area (Å²) in [6.07, 6.45) is 0.457. The first-order chi connectivity index (χ1) is 14.6. The number of sulfonamides is 1. The van der Waals surface area contributed by atoms with Crippen LogP contribution in [-0.2, 0) is 26.3 Å². The quantitative estimate of drug-likeness (QED) is 0.527. The fourth-order valence-corrected chi connectivity index (χ4v) is 5.81. The number of methoxy groups -OCH3 is 1. The van der Waals surface area contributed by atoms with Crippen LogP contribution >= 0.6 is 11.6 Å². The number of rotatable bonds is 8. The van der Waals surface area contributed by atoms with E-state index in [9.17, 15) is 16.8 Å². The summed E-state index contributed by atoms with van der Waals surface area (Å²) in [7, 11) is -6.24. The lowest BCUT2D eigenvalue weighted by Crippen LogP contribution is -2.27. The second-order valence-electron chi connectivity index (χ2n) is 6.88. The first-order valence-corrected chi connectivity index (χ1v) is 12.7. The van der Waals surface area contributed by atoms with Gasteiger partial charge in [0.1, 0.15) is 5.75 Å². The molecule has 0 unspecified atom stereocenters. The summed E-state index contributed by atoms with van der Waals surface area (Å²) in [4.78, 5) is -0.142. The summed E-state index contributed by atoms with van der Waals surface area (Å²) >= 11 is 5.83. The van der Waals surface area contributed by atoms with E-state index in [-0.39, 0.29) is 21.2 Å². The van der Waals surface area contributed by atoms with Crippen molar-refractivity contribution in [3.05, 3.63) is 82.9 Å². The Bertz CT molecular complexity index is 1290. The largest absolute Gasteiger partial charge is 0.497 e. The number of halogens is 1. The Morgan fingerprint density at radius 2 is 1.58 bits per heavy atom. The molecular formula is C22H22ClNO5S2. The molecule has 0 amide bonds. The molecule has 0 aliphatic rings. The Kier molecular flexibility index (Phi) is 7.06. The normalized spacial score (nSPS) is 12.0. The molecule has 0 aromatic heterocycles. The average Bonchev–Trinajstić information content (AvgIpc) is 2.74. The van der Waals surface area contributed by atoms with Gasteiger partial charge in [-0.05, 0) is 73.0 Å². The lowest BCUT2D eigenvalue weighted by Gasteiger charge is -2.12. The second kappa shape index (κ2) is 9.40. The monoisotopic (exact) mass is 479 g/mol. The van der Waals surface area contributed by atoms with Crippen LogP contribution in [0.3, 0.4) is 0 Å². The number of nitrogens with one attached hydrogen (secondary N) is 1. The fraction of sp³-hybridized carbons (Fsp3) is 0.182. The summed E-state index contributed by atoms with van der Waals surface area (Å²) in [5.41, 5.74) is 1.36. The van der Waals surface area contributed by atoms with Gasteiger partial charge >= 0.3 is 0 Å². The number of hydrogen-bond donors (Lipinski definition) is 1. The van der Waals surface area contributed by atoms with E-state index in [1.165, 1.54) is 42.5 Å². The van der Waals surface area contributed by atoms with E-state index in [0.717, 1.165) is 5.56 Å². The summed E-state index contributed by atoms with van der Waals surface area (Å²) in [5, 5.41) is 0.409. The summed E-state index contributed by atoms with van der Waals surface area (Å²) in [6, 6.07) is 17.1. The van der Waals surface area contributed by atoms with Gasteiger partial charge in [-0.25, -0.2) is 21.6 Å². The summed E-state index contributed by atoms with van der Waals surface area (Å²) < 4.78 is 59.3. The Morgan fingerprint density at radius 1 is 0.903 bits per heavy atom. The van der Waals surface area contributed by atoms with Gasteiger partial charge in [-0.3, -0.25) is 0 Å². The van der Waals surface area contributed by atoms with Crippen LogP contribution in [0.25, 0.3) is 0 Å². The zero-order chi connectivity index (χ0) is 22.6. The van der Waals surface area contributed by atoms with Crippen molar-refractivity contribution < 1.29 is 21.6 Å². The highest BCUT2D eigenvalue weighted by molar-refractivity contribution is 7.91. The minimum Gasteiger partial charge on any atom is -0.497 e. The van der Waals surface area contributed by atoms with E-state index in [1.807, 2.05) is 24.3 Å². The Morgan fingerprint density at radius 3 is 2.26 bits per heavy atom. The molecule has 0 spiro atoms. The summed E-state index contributed by atoms with van der Waals surface area (Å²) in [5.74, 6) is 0.691. The molecule has 9 heteroatoms. The minimum absolute atomic E-state index is 0.0371. The fourth-order valence-electron chi connectivity index (χ4n) is 3.02. The zero-order valence-electron chi connectivity index (χ0n) is 17.0. The molecule has 0 saturated heterocycles. The first-order valence-electron chi connectivity index (χ1n) is 9.37. The lowest BCUT2D eigenvalue weighted by molar-refractivity contribution is 0.414. The molecule has 164 valence electrons. The molecule has 0 aliphatic heterocycles. The second-order valence-corrected chi connectivity index (χ2v) is 11.0. The van der Waals surface area contributed by atoms with Gasteiger partial charge in [0.05, 0.1) is 21.8 Å². The Labute approximate surface area is 187 Å². The van der Waals surface area contributed by atoms with E-state index in [0.29, 0.717) is 22.8 Å². The molecule has 3 aromatic carbocycles. The SMILES string of the molecule is COc1cccc(CCNS(=O)(=O)c2cc(S(=O)(=O)c3ccc(Cl)cc3)ccc2C)c1. The number of sulfone groups is 1. The minimum atomic E-state index is -3.92. The van der Waals surface area contributed by atoms with Gasteiger partial charge in [-0.2, -0.15) is 0 Å². The van der Waals surface area contributed by atoms with Crippen LogP contribution in [0.4, 0.5) is 0 Å². The van der Waals surface area contributed by atoms with E-state index < -0.39 is 19.9 Å². The molecule has 3 rings (SSSR count). The van der Waals surface area contributed by atoms with E-state index >= 15 is 0 Å². The molecule has 31 heavy (non-hydrogen) atoms. The third kappa shape index (κ3) is 5.46. The lowest BCUT2D eigenvalue weighted by atomic mass is 10.1. The highest BCUT2D eigenvalue weighted by Gasteiger charge is 2.23. The van der Waals surface area contributed by atoms with E-state index in [2.05, 4.69) is 4.72 Å². The maximum atomic E-state index is 12.9. The molecule has 0 saturated carbocycles. The van der Waals surface area contributed by atoms with E-state index in [1.54, 1.807) is 14.0 Å². The average molecular weight is 480 g/mol. The van der Waals surface area contributed by atoms with Gasteiger partial charge in [0.15, 0.2) is 0 Å². The van der Waals surface area contributed by atoms with Crippen molar-refractivity contribution in [3.63, 3.8) is 0 Å². The maximum absolute atomic E-state index is 12.9.